The second-order valence-electron chi connectivity index (χ2n) is 10.1. The Labute approximate surface area is 261 Å². The van der Waals surface area contributed by atoms with Crippen LogP contribution in [0.1, 0.15) is 33.9 Å². The molecule has 1 amide bonds. The highest BCUT2D eigenvalue weighted by molar-refractivity contribution is 8.00. The number of benzene rings is 4. The summed E-state index contributed by atoms with van der Waals surface area (Å²) in [4.78, 5) is 28.2. The summed E-state index contributed by atoms with van der Waals surface area (Å²) in [7, 11) is 0. The molecule has 0 radical (unpaired) electrons. The van der Waals surface area contributed by atoms with Crippen LogP contribution in [0.4, 0.5) is 9.52 Å². The fourth-order valence-corrected chi connectivity index (χ4v) is 6.72. The van der Waals surface area contributed by atoms with Crippen molar-refractivity contribution in [3.63, 3.8) is 0 Å². The number of hydrogen-bond acceptors (Lipinski definition) is 8. The molecule has 0 saturated carbocycles. The van der Waals surface area contributed by atoms with Crippen molar-refractivity contribution in [2.75, 3.05) is 4.90 Å². The van der Waals surface area contributed by atoms with Crippen molar-refractivity contribution in [2.24, 2.45) is 0 Å². The second kappa shape index (κ2) is 12.8. The Balaban J connectivity index is 1.27. The molecule has 4 aromatic carbocycles. The number of ether oxygens (including phenoxy) is 1. The van der Waals surface area contributed by atoms with Gasteiger partial charge >= 0.3 is 5.91 Å². The molecule has 1 atom stereocenters. The van der Waals surface area contributed by atoms with E-state index in [0.29, 0.717) is 33.6 Å². The monoisotopic (exact) mass is 623 g/mol. The van der Waals surface area contributed by atoms with E-state index in [1.54, 1.807) is 60.7 Å². The number of anilines is 1. The average Bonchev–Trinajstić information content (AvgIpc) is 3.62. The molecule has 7 nitrogen and oxygen atoms in total. The van der Waals surface area contributed by atoms with Crippen LogP contribution in [-0.4, -0.2) is 27.0 Å². The molecule has 0 spiro atoms. The van der Waals surface area contributed by atoms with E-state index < -0.39 is 17.7 Å². The highest BCUT2D eigenvalue weighted by Gasteiger charge is 2.48. The van der Waals surface area contributed by atoms with Gasteiger partial charge < -0.3 is 9.84 Å². The molecule has 1 N–H and O–H groups in total. The first-order valence-corrected chi connectivity index (χ1v) is 15.5. The first kappa shape index (κ1) is 29.3. The van der Waals surface area contributed by atoms with E-state index in [1.807, 2.05) is 37.3 Å². The molecule has 6 rings (SSSR count). The number of aliphatic hydroxyl groups excluding tert-OH is 1. The SMILES string of the molecule is Cc1cccc(COc2ccc(/C(O)=C3\C(=O)C(=O)N(c4nnc(SCc5ccc(F)cc5)s4)C3c3ccccc3)cc2)c1. The van der Waals surface area contributed by atoms with Gasteiger partial charge in [-0.2, -0.15) is 0 Å². The number of nitrogens with zero attached hydrogens (tertiary/aromatic N) is 3. The maximum atomic E-state index is 13.5. The number of Topliss-reactive ketones (excluding diaryl/α,β-unsaturated/α-hetero) is 1. The first-order chi connectivity index (χ1) is 21.4. The molecule has 1 aliphatic heterocycles. The lowest BCUT2D eigenvalue weighted by Gasteiger charge is -2.22. The molecule has 0 aliphatic carbocycles. The largest absolute Gasteiger partial charge is 0.507 e. The van der Waals surface area contributed by atoms with Gasteiger partial charge in [-0.3, -0.25) is 14.5 Å². The summed E-state index contributed by atoms with van der Waals surface area (Å²) in [6.45, 7) is 2.41. The highest BCUT2D eigenvalue weighted by atomic mass is 32.2. The molecule has 44 heavy (non-hydrogen) atoms. The highest BCUT2D eigenvalue weighted by Crippen LogP contribution is 2.44. The van der Waals surface area contributed by atoms with Gasteiger partial charge in [0.2, 0.25) is 5.13 Å². The third kappa shape index (κ3) is 6.27. The van der Waals surface area contributed by atoms with E-state index in [1.165, 1.54) is 40.1 Å². The van der Waals surface area contributed by atoms with Gasteiger partial charge in [-0.1, -0.05) is 95.4 Å². The number of carbonyl (C=O) groups excluding carboxylic acids is 2. The number of aliphatic hydroxyl groups is 1. The molecular formula is C34H26FN3O4S2. The third-order valence-corrected chi connectivity index (χ3v) is 9.18. The predicted molar refractivity (Wildman–Crippen MR) is 169 cm³/mol. The Morgan fingerprint density at radius 2 is 1.68 bits per heavy atom. The van der Waals surface area contributed by atoms with Crippen LogP contribution in [0.15, 0.2) is 113 Å². The molecule has 5 aromatic rings. The summed E-state index contributed by atoms with van der Waals surface area (Å²) in [5.74, 6) is -1.09. The number of halogens is 1. The number of aryl methyl sites for hydroxylation is 1. The standard InChI is InChI=1S/C34H26FN3O4S2/c1-21-6-5-7-23(18-21)19-42-27-16-12-25(13-17-27)30(39)28-29(24-8-3-2-4-9-24)38(32(41)31(28)40)33-36-37-34(44-33)43-20-22-10-14-26(35)15-11-22/h2-18,29,39H,19-20H2,1H3/b30-28+. The molecule has 1 fully saturated rings. The lowest BCUT2D eigenvalue weighted by molar-refractivity contribution is -0.132. The van der Waals surface area contributed by atoms with Crippen LogP contribution in [0.5, 0.6) is 5.75 Å². The van der Waals surface area contributed by atoms with Crippen LogP contribution in [0.25, 0.3) is 5.76 Å². The molecule has 2 heterocycles. The summed E-state index contributed by atoms with van der Waals surface area (Å²) in [5.41, 5.74) is 4.06. The van der Waals surface area contributed by atoms with Crippen LogP contribution in [0, 0.1) is 12.7 Å². The summed E-state index contributed by atoms with van der Waals surface area (Å²) in [6.07, 6.45) is 0. The van der Waals surface area contributed by atoms with Crippen molar-refractivity contribution in [3.05, 3.63) is 142 Å². The Morgan fingerprint density at radius 3 is 2.41 bits per heavy atom. The fraction of sp³-hybridized carbons (Fsp3) is 0.118. The molecule has 1 aliphatic rings. The van der Waals surface area contributed by atoms with Gasteiger partial charge in [-0.05, 0) is 60.0 Å². The van der Waals surface area contributed by atoms with Crippen molar-refractivity contribution < 1.29 is 23.8 Å². The zero-order chi connectivity index (χ0) is 30.6. The fourth-order valence-electron chi connectivity index (χ4n) is 4.90. The van der Waals surface area contributed by atoms with E-state index in [0.717, 1.165) is 16.7 Å². The Hall–Kier alpha value is -4.80. The lowest BCUT2D eigenvalue weighted by Crippen LogP contribution is -2.29. The van der Waals surface area contributed by atoms with Gasteiger partial charge in [0.25, 0.3) is 5.78 Å². The Kier molecular flexibility index (Phi) is 8.53. The Morgan fingerprint density at radius 1 is 0.932 bits per heavy atom. The van der Waals surface area contributed by atoms with E-state index in [2.05, 4.69) is 10.2 Å². The molecular weight excluding hydrogens is 598 g/mol. The number of hydrogen-bond donors (Lipinski definition) is 1. The Bertz CT molecular complexity index is 1840. The minimum atomic E-state index is -0.906. The molecule has 1 saturated heterocycles. The number of ketones is 1. The van der Waals surface area contributed by atoms with Gasteiger partial charge in [0.15, 0.2) is 4.34 Å². The number of aromatic nitrogens is 2. The zero-order valence-electron chi connectivity index (χ0n) is 23.5. The van der Waals surface area contributed by atoms with E-state index in [-0.39, 0.29) is 22.3 Å². The summed E-state index contributed by atoms with van der Waals surface area (Å²) < 4.78 is 19.8. The predicted octanol–water partition coefficient (Wildman–Crippen LogP) is 7.48. The molecule has 1 aromatic heterocycles. The van der Waals surface area contributed by atoms with Crippen molar-refractivity contribution in [1.82, 2.24) is 10.2 Å². The lowest BCUT2D eigenvalue weighted by atomic mass is 9.95. The van der Waals surface area contributed by atoms with Crippen LogP contribution in [0.2, 0.25) is 0 Å². The van der Waals surface area contributed by atoms with Gasteiger partial charge in [-0.15, -0.1) is 10.2 Å². The smallest absolute Gasteiger partial charge is 0.301 e. The van der Waals surface area contributed by atoms with Gasteiger partial charge in [-0.25, -0.2) is 4.39 Å². The number of thioether (sulfide) groups is 1. The molecule has 10 heteroatoms. The van der Waals surface area contributed by atoms with Gasteiger partial charge in [0.05, 0.1) is 11.6 Å². The average molecular weight is 624 g/mol. The number of amides is 1. The van der Waals surface area contributed by atoms with Crippen LogP contribution in [0.3, 0.4) is 0 Å². The topological polar surface area (TPSA) is 92.6 Å². The van der Waals surface area contributed by atoms with E-state index >= 15 is 0 Å². The summed E-state index contributed by atoms with van der Waals surface area (Å²) in [6, 6.07) is 29.1. The normalized spacial score (nSPS) is 16.0. The maximum absolute atomic E-state index is 13.5. The van der Waals surface area contributed by atoms with E-state index in [9.17, 15) is 19.1 Å². The zero-order valence-corrected chi connectivity index (χ0v) is 25.1. The van der Waals surface area contributed by atoms with E-state index in [4.69, 9.17) is 4.74 Å². The minimum Gasteiger partial charge on any atom is -0.507 e. The second-order valence-corrected chi connectivity index (χ2v) is 12.3. The van der Waals surface area contributed by atoms with Gasteiger partial charge in [0.1, 0.15) is 23.9 Å². The maximum Gasteiger partial charge on any atom is 0.301 e. The first-order valence-electron chi connectivity index (χ1n) is 13.7. The molecule has 220 valence electrons. The van der Waals surface area contributed by atoms with Crippen LogP contribution < -0.4 is 9.64 Å². The van der Waals surface area contributed by atoms with Crippen LogP contribution in [-0.2, 0) is 21.9 Å². The molecule has 1 unspecified atom stereocenters. The number of rotatable bonds is 9. The summed E-state index contributed by atoms with van der Waals surface area (Å²) in [5, 5.41) is 20.1. The number of carbonyl (C=O) groups is 2. The minimum absolute atomic E-state index is 0.0367. The van der Waals surface area contributed by atoms with Crippen LogP contribution >= 0.6 is 23.1 Å². The van der Waals surface area contributed by atoms with Crippen molar-refractivity contribution >= 4 is 45.7 Å². The van der Waals surface area contributed by atoms with Gasteiger partial charge in [0, 0.05) is 11.3 Å². The molecule has 0 bridgehead atoms. The summed E-state index contributed by atoms with van der Waals surface area (Å²) >= 11 is 2.56. The van der Waals surface area contributed by atoms with Crippen molar-refractivity contribution in [3.8, 4) is 5.75 Å². The third-order valence-electron chi connectivity index (χ3n) is 7.05. The quantitative estimate of drug-likeness (QED) is 0.0598. The van der Waals surface area contributed by atoms with Crippen molar-refractivity contribution in [1.29, 1.82) is 0 Å². The van der Waals surface area contributed by atoms with Crippen molar-refractivity contribution in [2.45, 2.75) is 29.7 Å².